The van der Waals surface area contributed by atoms with E-state index in [9.17, 15) is 13.2 Å². The molecule has 0 saturated carbocycles. The van der Waals surface area contributed by atoms with Gasteiger partial charge < -0.3 is 5.11 Å². The SMILES string of the molecule is CN(c1cncc(C(=O)O)c1)S(=O)(=O)CCl. The number of aromatic nitrogens is 1. The molecule has 8 heteroatoms. The van der Waals surface area contributed by atoms with Crippen LogP contribution >= 0.6 is 11.6 Å². The molecule has 0 atom stereocenters. The zero-order valence-corrected chi connectivity index (χ0v) is 9.86. The zero-order valence-electron chi connectivity index (χ0n) is 8.29. The van der Waals surface area contributed by atoms with Crippen LogP contribution in [0.2, 0.25) is 0 Å². The lowest BCUT2D eigenvalue weighted by Gasteiger charge is -2.17. The summed E-state index contributed by atoms with van der Waals surface area (Å²) >= 11 is 5.27. The molecule has 88 valence electrons. The molecule has 0 radical (unpaired) electrons. The van der Waals surface area contributed by atoms with Crippen molar-refractivity contribution in [3.63, 3.8) is 0 Å². The Labute approximate surface area is 97.5 Å². The Bertz CT molecular complexity index is 503. The predicted octanol–water partition coefficient (Wildman–Crippen LogP) is 0.742. The third-order valence-electron chi connectivity index (χ3n) is 1.89. The lowest BCUT2D eigenvalue weighted by molar-refractivity contribution is 0.0696. The monoisotopic (exact) mass is 264 g/mol. The first kappa shape index (κ1) is 12.7. The van der Waals surface area contributed by atoms with Crippen LogP contribution in [0.5, 0.6) is 0 Å². The van der Waals surface area contributed by atoms with Gasteiger partial charge in [0.25, 0.3) is 0 Å². The lowest BCUT2D eigenvalue weighted by atomic mass is 10.3. The summed E-state index contributed by atoms with van der Waals surface area (Å²) in [7, 11) is -2.35. The van der Waals surface area contributed by atoms with Crippen LogP contribution in [0.25, 0.3) is 0 Å². The number of alkyl halides is 1. The van der Waals surface area contributed by atoms with Crippen molar-refractivity contribution in [3.8, 4) is 0 Å². The number of halogens is 1. The molecule has 0 bridgehead atoms. The first-order valence-corrected chi connectivity index (χ1v) is 6.24. The van der Waals surface area contributed by atoms with E-state index in [0.717, 1.165) is 10.5 Å². The Balaban J connectivity index is 3.15. The maximum absolute atomic E-state index is 11.4. The third kappa shape index (κ3) is 2.61. The van der Waals surface area contributed by atoms with E-state index in [1.165, 1.54) is 19.3 Å². The van der Waals surface area contributed by atoms with Crippen molar-refractivity contribution in [2.45, 2.75) is 0 Å². The minimum absolute atomic E-state index is 0.0888. The predicted molar refractivity (Wildman–Crippen MR) is 59.2 cm³/mol. The molecule has 1 N–H and O–H groups in total. The van der Waals surface area contributed by atoms with Gasteiger partial charge in [0.2, 0.25) is 10.0 Å². The Kier molecular flexibility index (Phi) is 3.71. The number of nitrogens with zero attached hydrogens (tertiary/aromatic N) is 2. The highest BCUT2D eigenvalue weighted by molar-refractivity contribution is 7.93. The molecule has 1 aromatic heterocycles. The summed E-state index contributed by atoms with van der Waals surface area (Å²) in [6.07, 6.45) is 2.38. The molecular formula is C8H9ClN2O4S. The van der Waals surface area contributed by atoms with Gasteiger partial charge in [-0.2, -0.15) is 0 Å². The second-order valence-corrected chi connectivity index (χ2v) is 5.51. The summed E-state index contributed by atoms with van der Waals surface area (Å²) in [6, 6.07) is 1.21. The van der Waals surface area contributed by atoms with E-state index >= 15 is 0 Å². The molecule has 0 saturated heterocycles. The summed E-state index contributed by atoms with van der Waals surface area (Å²) in [5, 5.41) is 8.13. The maximum Gasteiger partial charge on any atom is 0.337 e. The molecule has 0 aliphatic heterocycles. The van der Waals surface area contributed by atoms with Gasteiger partial charge in [-0.05, 0) is 6.07 Å². The molecule has 0 aliphatic rings. The standard InChI is InChI=1S/C8H9ClN2O4S/c1-11(16(14,15)5-9)7-2-6(8(12)13)3-10-4-7/h2-4H,5H2,1H3,(H,12,13). The maximum atomic E-state index is 11.4. The largest absolute Gasteiger partial charge is 0.478 e. The van der Waals surface area contributed by atoms with E-state index in [0.29, 0.717) is 0 Å². The molecule has 1 heterocycles. The molecule has 0 spiro atoms. The van der Waals surface area contributed by atoms with Crippen LogP contribution in [-0.2, 0) is 10.0 Å². The van der Waals surface area contributed by atoms with Crippen molar-refractivity contribution in [2.24, 2.45) is 0 Å². The second-order valence-electron chi connectivity index (χ2n) is 2.93. The van der Waals surface area contributed by atoms with Gasteiger partial charge in [-0.25, -0.2) is 13.2 Å². The van der Waals surface area contributed by atoms with Gasteiger partial charge in [0.05, 0.1) is 17.4 Å². The number of anilines is 1. The number of carbonyl (C=O) groups is 1. The van der Waals surface area contributed by atoms with Crippen LogP contribution in [0.15, 0.2) is 18.5 Å². The van der Waals surface area contributed by atoms with E-state index < -0.39 is 21.2 Å². The van der Waals surface area contributed by atoms with Crippen molar-refractivity contribution >= 4 is 33.3 Å². The Morgan fingerprint density at radius 1 is 1.56 bits per heavy atom. The fourth-order valence-corrected chi connectivity index (χ4v) is 1.96. The first-order valence-electron chi connectivity index (χ1n) is 4.09. The van der Waals surface area contributed by atoms with Crippen LogP contribution in [0, 0.1) is 0 Å². The number of hydrogen-bond acceptors (Lipinski definition) is 4. The van der Waals surface area contributed by atoms with Crippen LogP contribution in [0.4, 0.5) is 5.69 Å². The van der Waals surface area contributed by atoms with Crippen LogP contribution in [0.1, 0.15) is 10.4 Å². The number of carboxylic acid groups (broad SMARTS) is 1. The molecule has 0 amide bonds. The van der Waals surface area contributed by atoms with Crippen LogP contribution < -0.4 is 4.31 Å². The molecular weight excluding hydrogens is 256 g/mol. The quantitative estimate of drug-likeness (QED) is 0.811. The number of hydrogen-bond donors (Lipinski definition) is 1. The molecule has 6 nitrogen and oxygen atoms in total. The highest BCUT2D eigenvalue weighted by Gasteiger charge is 2.18. The summed E-state index contributed by atoms with van der Waals surface area (Å²) in [4.78, 5) is 14.3. The van der Waals surface area contributed by atoms with E-state index in [-0.39, 0.29) is 11.3 Å². The number of carboxylic acids is 1. The van der Waals surface area contributed by atoms with Crippen LogP contribution in [-0.4, -0.2) is 36.7 Å². The van der Waals surface area contributed by atoms with Crippen LogP contribution in [0.3, 0.4) is 0 Å². The van der Waals surface area contributed by atoms with Crippen molar-refractivity contribution in [1.82, 2.24) is 4.98 Å². The summed E-state index contributed by atoms with van der Waals surface area (Å²) in [5.41, 5.74) is 0.0645. The minimum Gasteiger partial charge on any atom is -0.478 e. The van der Waals surface area contributed by atoms with Gasteiger partial charge in [0, 0.05) is 13.2 Å². The van der Waals surface area contributed by atoms with E-state index in [1.54, 1.807) is 0 Å². The fraction of sp³-hybridized carbons (Fsp3) is 0.250. The Morgan fingerprint density at radius 2 is 2.19 bits per heavy atom. The van der Waals surface area contributed by atoms with Crippen molar-refractivity contribution in [3.05, 3.63) is 24.0 Å². The number of sulfonamides is 1. The number of pyridine rings is 1. The van der Waals surface area contributed by atoms with Gasteiger partial charge in [0.15, 0.2) is 0 Å². The zero-order chi connectivity index (χ0) is 12.3. The molecule has 0 aromatic carbocycles. The van der Waals surface area contributed by atoms with Crippen molar-refractivity contribution < 1.29 is 18.3 Å². The van der Waals surface area contributed by atoms with E-state index in [4.69, 9.17) is 16.7 Å². The molecule has 1 rings (SSSR count). The third-order valence-corrected chi connectivity index (χ3v) is 4.04. The topological polar surface area (TPSA) is 87.6 Å². The van der Waals surface area contributed by atoms with Crippen molar-refractivity contribution in [1.29, 1.82) is 0 Å². The van der Waals surface area contributed by atoms with Crippen molar-refractivity contribution in [2.75, 3.05) is 16.6 Å². The van der Waals surface area contributed by atoms with Gasteiger partial charge in [0.1, 0.15) is 5.21 Å². The highest BCUT2D eigenvalue weighted by atomic mass is 35.5. The van der Waals surface area contributed by atoms with Gasteiger partial charge in [-0.15, -0.1) is 11.6 Å². The fourth-order valence-electron chi connectivity index (χ4n) is 0.951. The normalized spacial score (nSPS) is 11.1. The molecule has 16 heavy (non-hydrogen) atoms. The minimum atomic E-state index is -3.63. The Morgan fingerprint density at radius 3 is 2.69 bits per heavy atom. The first-order chi connectivity index (χ1) is 7.38. The van der Waals surface area contributed by atoms with Gasteiger partial charge in [-0.1, -0.05) is 0 Å². The number of rotatable bonds is 4. The smallest absolute Gasteiger partial charge is 0.337 e. The van der Waals surface area contributed by atoms with Gasteiger partial charge >= 0.3 is 5.97 Å². The summed E-state index contributed by atoms with van der Waals surface area (Å²) in [5.74, 6) is -1.17. The average Bonchev–Trinajstić information content (AvgIpc) is 2.28. The number of aromatic carboxylic acids is 1. The Hall–Kier alpha value is -1.34. The molecule has 0 fully saturated rings. The molecule has 0 aliphatic carbocycles. The molecule has 1 aromatic rings. The summed E-state index contributed by atoms with van der Waals surface area (Å²) in [6.45, 7) is 0. The second kappa shape index (κ2) is 4.67. The lowest BCUT2D eigenvalue weighted by Crippen LogP contribution is -2.27. The van der Waals surface area contributed by atoms with E-state index in [1.807, 2.05) is 0 Å². The highest BCUT2D eigenvalue weighted by Crippen LogP contribution is 2.17. The van der Waals surface area contributed by atoms with E-state index in [2.05, 4.69) is 4.98 Å². The molecule has 0 unspecified atom stereocenters. The summed E-state index contributed by atoms with van der Waals surface area (Å²) < 4.78 is 23.7. The van der Waals surface area contributed by atoms with Gasteiger partial charge in [-0.3, -0.25) is 9.29 Å². The average molecular weight is 265 g/mol.